The molecule has 1 atom stereocenters. The first-order chi connectivity index (χ1) is 5.42. The number of alkyl halides is 2. The molecule has 1 aliphatic rings. The van der Waals surface area contributed by atoms with Gasteiger partial charge in [-0.1, -0.05) is 0 Å². The third-order valence-electron chi connectivity index (χ3n) is 2.03. The van der Waals surface area contributed by atoms with Gasteiger partial charge in [-0.15, -0.1) is 0 Å². The Morgan fingerprint density at radius 2 is 2.33 bits per heavy atom. The van der Waals surface area contributed by atoms with Gasteiger partial charge in [0, 0.05) is 12.5 Å². The number of aliphatic carboxylic acids is 1. The summed E-state index contributed by atoms with van der Waals surface area (Å²) >= 11 is 0. The highest BCUT2D eigenvalue weighted by atomic mass is 19.3. The summed E-state index contributed by atoms with van der Waals surface area (Å²) in [6, 6.07) is 0. The van der Waals surface area contributed by atoms with E-state index in [2.05, 4.69) is 0 Å². The Bertz CT molecular complexity index is 196. The van der Waals surface area contributed by atoms with Gasteiger partial charge in [-0.25, -0.2) is 8.78 Å². The molecule has 0 aliphatic carbocycles. The van der Waals surface area contributed by atoms with Crippen LogP contribution in [-0.2, 0) is 4.79 Å². The molecule has 0 amide bonds. The zero-order valence-electron chi connectivity index (χ0n) is 6.76. The topological polar surface area (TPSA) is 40.5 Å². The van der Waals surface area contributed by atoms with Crippen molar-refractivity contribution < 1.29 is 18.7 Å². The normalized spacial score (nSPS) is 29.1. The Balaban J connectivity index is 2.59. The fourth-order valence-corrected chi connectivity index (χ4v) is 1.49. The van der Waals surface area contributed by atoms with Crippen molar-refractivity contribution in [1.82, 2.24) is 4.90 Å². The summed E-state index contributed by atoms with van der Waals surface area (Å²) in [5.41, 5.74) is 0. The zero-order chi connectivity index (χ0) is 9.35. The van der Waals surface area contributed by atoms with Gasteiger partial charge in [0.25, 0.3) is 5.92 Å². The lowest BCUT2D eigenvalue weighted by molar-refractivity contribution is -0.141. The molecule has 1 aliphatic heterocycles. The van der Waals surface area contributed by atoms with Crippen molar-refractivity contribution in [1.29, 1.82) is 0 Å². The number of carbonyl (C=O) groups is 1. The van der Waals surface area contributed by atoms with Crippen LogP contribution in [0.25, 0.3) is 0 Å². The van der Waals surface area contributed by atoms with Crippen LogP contribution in [0.5, 0.6) is 0 Å². The average Bonchev–Trinajstić information content (AvgIpc) is 2.04. The molecule has 1 fully saturated rings. The molecule has 0 aromatic heterocycles. The quantitative estimate of drug-likeness (QED) is 0.676. The molecule has 0 aromatic carbocycles. The van der Waals surface area contributed by atoms with E-state index in [9.17, 15) is 13.6 Å². The number of halogens is 2. The van der Waals surface area contributed by atoms with Crippen molar-refractivity contribution in [3.8, 4) is 0 Å². The standard InChI is InChI=1S/C7H11F2NO2/c1-10-3-5(2-6(11)12)7(8,9)4-10/h5H,2-4H2,1H3,(H,11,12). The minimum absolute atomic E-state index is 0.166. The predicted octanol–water partition coefficient (Wildman–Crippen LogP) is 0.658. The molecule has 70 valence electrons. The molecular formula is C7H11F2NO2. The van der Waals surface area contributed by atoms with E-state index in [0.717, 1.165) is 0 Å². The maximum Gasteiger partial charge on any atom is 0.303 e. The van der Waals surface area contributed by atoms with E-state index in [1.54, 1.807) is 7.05 Å². The molecule has 0 aromatic rings. The van der Waals surface area contributed by atoms with Gasteiger partial charge < -0.3 is 10.0 Å². The lowest BCUT2D eigenvalue weighted by Crippen LogP contribution is -2.28. The summed E-state index contributed by atoms with van der Waals surface area (Å²) < 4.78 is 25.8. The van der Waals surface area contributed by atoms with Gasteiger partial charge in [-0.2, -0.15) is 0 Å². The number of likely N-dealkylation sites (tertiary alicyclic amines) is 1. The lowest BCUT2D eigenvalue weighted by atomic mass is 10.0. The summed E-state index contributed by atoms with van der Waals surface area (Å²) in [7, 11) is 1.57. The van der Waals surface area contributed by atoms with Gasteiger partial charge in [0.05, 0.1) is 13.0 Å². The second-order valence-electron chi connectivity index (χ2n) is 3.25. The molecule has 1 N–H and O–H groups in total. The van der Waals surface area contributed by atoms with Crippen molar-refractivity contribution in [3.63, 3.8) is 0 Å². The smallest absolute Gasteiger partial charge is 0.303 e. The maximum atomic E-state index is 12.9. The van der Waals surface area contributed by atoms with E-state index in [4.69, 9.17) is 5.11 Å². The van der Waals surface area contributed by atoms with E-state index in [0.29, 0.717) is 0 Å². The summed E-state index contributed by atoms with van der Waals surface area (Å²) in [6.45, 7) is -0.162. The van der Waals surface area contributed by atoms with Gasteiger partial charge in [0.1, 0.15) is 0 Å². The van der Waals surface area contributed by atoms with Crippen LogP contribution in [-0.4, -0.2) is 42.0 Å². The minimum Gasteiger partial charge on any atom is -0.481 e. The van der Waals surface area contributed by atoms with E-state index in [1.165, 1.54) is 4.90 Å². The number of nitrogens with zero attached hydrogens (tertiary/aromatic N) is 1. The Morgan fingerprint density at radius 3 is 2.67 bits per heavy atom. The fourth-order valence-electron chi connectivity index (χ4n) is 1.49. The molecule has 5 heteroatoms. The van der Waals surface area contributed by atoms with Crippen molar-refractivity contribution in [2.45, 2.75) is 12.3 Å². The molecule has 0 radical (unpaired) electrons. The van der Waals surface area contributed by atoms with E-state index in [-0.39, 0.29) is 13.1 Å². The first kappa shape index (κ1) is 9.38. The number of carboxylic acids is 1. The molecule has 1 rings (SSSR count). The van der Waals surface area contributed by atoms with Crippen LogP contribution in [0, 0.1) is 5.92 Å². The minimum atomic E-state index is -2.84. The predicted molar refractivity (Wildman–Crippen MR) is 38.2 cm³/mol. The van der Waals surface area contributed by atoms with Crippen LogP contribution in [0.15, 0.2) is 0 Å². The largest absolute Gasteiger partial charge is 0.481 e. The number of rotatable bonds is 2. The van der Waals surface area contributed by atoms with E-state index < -0.39 is 24.2 Å². The number of hydrogen-bond donors (Lipinski definition) is 1. The van der Waals surface area contributed by atoms with Gasteiger partial charge >= 0.3 is 5.97 Å². The third kappa shape index (κ3) is 1.91. The summed E-state index contributed by atoms with van der Waals surface area (Å²) in [5.74, 6) is -5.03. The number of hydrogen-bond acceptors (Lipinski definition) is 2. The maximum absolute atomic E-state index is 12.9. The van der Waals surface area contributed by atoms with Gasteiger partial charge in [0.15, 0.2) is 0 Å². The van der Waals surface area contributed by atoms with Crippen molar-refractivity contribution in [3.05, 3.63) is 0 Å². The Kier molecular flexibility index (Phi) is 2.32. The van der Waals surface area contributed by atoms with Crippen LogP contribution in [0.1, 0.15) is 6.42 Å². The summed E-state index contributed by atoms with van der Waals surface area (Å²) in [4.78, 5) is 11.6. The van der Waals surface area contributed by atoms with Gasteiger partial charge in [0.2, 0.25) is 0 Å². The molecule has 0 saturated carbocycles. The van der Waals surface area contributed by atoms with E-state index >= 15 is 0 Å². The van der Waals surface area contributed by atoms with Crippen LogP contribution in [0.3, 0.4) is 0 Å². The second kappa shape index (κ2) is 2.97. The second-order valence-corrected chi connectivity index (χ2v) is 3.25. The van der Waals surface area contributed by atoms with Crippen LogP contribution in [0.4, 0.5) is 8.78 Å². The molecule has 1 saturated heterocycles. The van der Waals surface area contributed by atoms with Crippen LogP contribution in [0.2, 0.25) is 0 Å². The highest BCUT2D eigenvalue weighted by Crippen LogP contribution is 2.34. The first-order valence-corrected chi connectivity index (χ1v) is 3.70. The van der Waals surface area contributed by atoms with Crippen molar-refractivity contribution in [2.24, 2.45) is 5.92 Å². The van der Waals surface area contributed by atoms with Crippen molar-refractivity contribution >= 4 is 5.97 Å². The molecule has 3 nitrogen and oxygen atoms in total. The Morgan fingerprint density at radius 1 is 1.75 bits per heavy atom. The summed E-state index contributed by atoms with van der Waals surface area (Å²) in [5, 5.41) is 8.34. The molecule has 12 heavy (non-hydrogen) atoms. The molecule has 0 spiro atoms. The number of carboxylic acid groups (broad SMARTS) is 1. The lowest BCUT2D eigenvalue weighted by Gasteiger charge is -2.14. The van der Waals surface area contributed by atoms with Crippen LogP contribution >= 0.6 is 0 Å². The highest BCUT2D eigenvalue weighted by Gasteiger charge is 2.47. The first-order valence-electron chi connectivity index (χ1n) is 3.70. The Labute approximate surface area is 69.0 Å². The zero-order valence-corrected chi connectivity index (χ0v) is 6.76. The third-order valence-corrected chi connectivity index (χ3v) is 2.03. The molecule has 0 bridgehead atoms. The highest BCUT2D eigenvalue weighted by molar-refractivity contribution is 5.67. The van der Waals surface area contributed by atoms with Crippen LogP contribution < -0.4 is 0 Å². The van der Waals surface area contributed by atoms with Crippen molar-refractivity contribution in [2.75, 3.05) is 20.1 Å². The SMILES string of the molecule is CN1CC(CC(=O)O)C(F)(F)C1. The molecule has 1 unspecified atom stereocenters. The Hall–Kier alpha value is -0.710. The van der Waals surface area contributed by atoms with Gasteiger partial charge in [-0.05, 0) is 7.05 Å². The van der Waals surface area contributed by atoms with Gasteiger partial charge in [-0.3, -0.25) is 4.79 Å². The summed E-state index contributed by atoms with van der Waals surface area (Å²) in [6.07, 6.45) is -0.447. The average molecular weight is 179 g/mol. The monoisotopic (exact) mass is 179 g/mol. The van der Waals surface area contributed by atoms with E-state index in [1.807, 2.05) is 0 Å². The molecule has 1 heterocycles. The molecular weight excluding hydrogens is 168 g/mol. The fraction of sp³-hybridized carbons (Fsp3) is 0.857.